The molecule has 33 heteroatoms. The molecule has 30 nitrogen and oxygen atoms in total. The number of halogens is 3. The van der Waals surface area contributed by atoms with E-state index in [0.717, 1.165) is 145 Å². The van der Waals surface area contributed by atoms with Crippen molar-refractivity contribution in [3.8, 4) is 0 Å². The summed E-state index contributed by atoms with van der Waals surface area (Å²) in [4.78, 5) is 97.4. The summed E-state index contributed by atoms with van der Waals surface area (Å²) in [6, 6.07) is 9.83. The summed E-state index contributed by atoms with van der Waals surface area (Å²) in [6.07, 6.45) is 25.9. The second-order valence-corrected chi connectivity index (χ2v) is 30.7. The molecule has 0 radical (unpaired) electrons. The maximum Gasteiger partial charge on any atom is 0.222 e. The molecule has 0 saturated heterocycles. The standard InChI is InChI=1S/C18H27N5O.C17H24ClN5O.C17H25N5O.2C14H20FN5O/c1-5-6-9-18(4,10-7-13(3)24)23-16-15-14(21-17(19)22-16)12(2)8-11-20-15;1-4-5-7-17(3,8-6-11(2)24)23-15-14-13(21-16(19)22-15)9-12(18)10-20-14;1-4-5-9-17(3,10-8-12(2)23)22-15-14-13(7-6-11-19-14)20-16(18)21-15;2*1-3-4-5-14(2,8-21)20-12-11-10(18-13(16)19-12)6-9(15)7-17-11/h8,11H,5-7,9-10H2,1-4H3,(H3,19,21,22,23);9-10H,4-8H2,1-3H3,(H3,19,21,22,23);6-7,11H,4-5,8-10H2,1-3H3,(H3,18,20,21,22);2*6-7,21H,3-5,8H2,1-2H3,(H3,16,18,19,20)/t18-;2*17-;14-;/m1010./s1. The molecule has 0 spiro atoms. The van der Waals surface area contributed by atoms with Crippen LogP contribution < -0.4 is 55.3 Å². The predicted molar refractivity (Wildman–Crippen MR) is 450 cm³/mol. The Morgan fingerprint density at radius 2 is 0.690 bits per heavy atom. The summed E-state index contributed by atoms with van der Waals surface area (Å²) in [5.41, 5.74) is 33.7. The molecule has 10 heterocycles. The number of nitrogens with one attached hydrogen (secondary N) is 5. The molecule has 10 rings (SSSR count). The first-order valence-corrected chi connectivity index (χ1v) is 39.1. The largest absolute Gasteiger partial charge is 0.394 e. The van der Waals surface area contributed by atoms with Crippen LogP contribution in [0.5, 0.6) is 0 Å². The third-order valence-electron chi connectivity index (χ3n) is 19.1. The molecule has 0 aliphatic rings. The number of hydrogen-bond donors (Lipinski definition) is 12. The SMILES string of the molecule is CCCCC(C)(CO)Nc1nc(N)nc2cc(F)cnc12.CCCC[C@@](C)(CCC(C)=O)Nc1nc(N)nc2cc(Cl)cnc12.CCCC[C@@](C)(CO)Nc1nc(N)nc2cc(F)cnc12.CCCC[C@](C)(CCC(C)=O)Nc1nc(N)nc2c(C)ccnc12.CCCC[C@](C)(CCC(C)=O)Nc1nc(N)nc2cccnc12. The van der Waals surface area contributed by atoms with Crippen LogP contribution in [0.25, 0.3) is 55.2 Å². The Bertz CT molecular complexity index is 4680. The van der Waals surface area contributed by atoms with Crippen molar-refractivity contribution in [3.63, 3.8) is 0 Å². The fraction of sp³-hybridized carbons (Fsp3) is 0.525. The molecule has 5 atom stereocenters. The van der Waals surface area contributed by atoms with Gasteiger partial charge in [-0.2, -0.15) is 24.9 Å². The van der Waals surface area contributed by atoms with Crippen LogP contribution >= 0.6 is 11.6 Å². The molecule has 1 unspecified atom stereocenters. The Morgan fingerprint density at radius 1 is 0.389 bits per heavy atom. The maximum atomic E-state index is 13.2. The molecule has 0 aromatic carbocycles. The van der Waals surface area contributed by atoms with Crippen LogP contribution in [0.1, 0.15) is 230 Å². The number of carbonyl (C=O) groups is 3. The van der Waals surface area contributed by atoms with Gasteiger partial charge in [-0.15, -0.1) is 0 Å². The number of pyridine rings is 5. The van der Waals surface area contributed by atoms with Crippen molar-refractivity contribution in [1.82, 2.24) is 74.8 Å². The molecular formula is C80H116ClF2N25O5. The van der Waals surface area contributed by atoms with Gasteiger partial charge in [0.2, 0.25) is 29.7 Å². The van der Waals surface area contributed by atoms with Gasteiger partial charge < -0.3 is 79.8 Å². The van der Waals surface area contributed by atoms with Crippen molar-refractivity contribution in [1.29, 1.82) is 0 Å². The molecule has 0 fully saturated rings. The van der Waals surface area contributed by atoms with E-state index in [4.69, 9.17) is 40.3 Å². The van der Waals surface area contributed by atoms with Crippen molar-refractivity contribution in [2.45, 2.75) is 259 Å². The molecule has 612 valence electrons. The Balaban J connectivity index is 0.000000220. The molecule has 0 saturated carbocycles. The summed E-state index contributed by atoms with van der Waals surface area (Å²) >= 11 is 5.99. The fourth-order valence-corrected chi connectivity index (χ4v) is 12.5. The lowest BCUT2D eigenvalue weighted by molar-refractivity contribution is -0.118. The number of nitrogens with two attached hydrogens (primary N) is 5. The second kappa shape index (κ2) is 43.0. The highest BCUT2D eigenvalue weighted by Gasteiger charge is 2.31. The van der Waals surface area contributed by atoms with Gasteiger partial charge in [-0.1, -0.05) is 110 Å². The van der Waals surface area contributed by atoms with Crippen molar-refractivity contribution in [2.75, 3.05) is 68.5 Å². The number of nitrogen functional groups attached to an aromatic ring is 5. The van der Waals surface area contributed by atoms with Gasteiger partial charge in [0.1, 0.15) is 56.6 Å². The summed E-state index contributed by atoms with van der Waals surface area (Å²) in [6.45, 7) is 27.5. The zero-order chi connectivity index (χ0) is 83.3. The minimum atomic E-state index is -0.542. The van der Waals surface area contributed by atoms with E-state index in [1.54, 1.807) is 45.4 Å². The molecule has 10 aromatic heterocycles. The van der Waals surface area contributed by atoms with E-state index in [9.17, 15) is 33.4 Å². The van der Waals surface area contributed by atoms with Crippen LogP contribution in [0, 0.1) is 18.6 Å². The highest BCUT2D eigenvalue weighted by molar-refractivity contribution is 6.31. The Labute approximate surface area is 665 Å². The highest BCUT2D eigenvalue weighted by atomic mass is 35.5. The molecule has 0 aliphatic heterocycles. The molecule has 113 heavy (non-hydrogen) atoms. The van der Waals surface area contributed by atoms with Crippen LogP contribution in [0.2, 0.25) is 5.02 Å². The van der Waals surface area contributed by atoms with Gasteiger partial charge >= 0.3 is 0 Å². The average Bonchev–Trinajstić information content (AvgIpc) is 0.830. The smallest absolute Gasteiger partial charge is 0.222 e. The number of nitrogens with zero attached hydrogens (tertiary/aromatic N) is 15. The lowest BCUT2D eigenvalue weighted by Gasteiger charge is -2.31. The Morgan fingerprint density at radius 3 is 1.04 bits per heavy atom. The number of carbonyl (C=O) groups excluding carboxylic acids is 3. The second-order valence-electron chi connectivity index (χ2n) is 30.3. The van der Waals surface area contributed by atoms with Crippen LogP contribution in [0.4, 0.5) is 67.6 Å². The first kappa shape index (κ1) is 91.4. The summed E-state index contributed by atoms with van der Waals surface area (Å²) in [5, 5.41) is 36.6. The monoisotopic (exact) mass is 1580 g/mol. The number of rotatable bonds is 36. The predicted octanol–water partition coefficient (Wildman–Crippen LogP) is 15.2. The van der Waals surface area contributed by atoms with E-state index in [2.05, 4.69) is 157 Å². The molecule has 0 aliphatic carbocycles. The van der Waals surface area contributed by atoms with E-state index < -0.39 is 22.7 Å². The third kappa shape index (κ3) is 28.6. The number of Topliss-reactive ketones (excluding diaryl/α,β-unsaturated/α-hetero) is 3. The Hall–Kier alpha value is -10.5. The van der Waals surface area contributed by atoms with Gasteiger partial charge in [0.05, 0.1) is 69.3 Å². The van der Waals surface area contributed by atoms with Crippen molar-refractivity contribution >= 4 is 143 Å². The Kier molecular flexibility index (Phi) is 34.8. The molecule has 17 N–H and O–H groups in total. The zero-order valence-electron chi connectivity index (χ0n) is 68.0. The quantitative estimate of drug-likeness (QED) is 0.0173. The number of aliphatic hydroxyl groups excluding tert-OH is 2. The van der Waals surface area contributed by atoms with E-state index in [-0.39, 0.29) is 76.9 Å². The maximum absolute atomic E-state index is 13.2. The number of unbranched alkanes of at least 4 members (excludes halogenated alkanes) is 5. The van der Waals surface area contributed by atoms with E-state index >= 15 is 0 Å². The zero-order valence-corrected chi connectivity index (χ0v) is 68.7. The van der Waals surface area contributed by atoms with Crippen molar-refractivity contribution in [2.24, 2.45) is 0 Å². The number of anilines is 10. The number of aryl methyl sites for hydroxylation is 1. The molecule has 0 bridgehead atoms. The average molecular weight is 1580 g/mol. The van der Waals surface area contributed by atoms with E-state index in [1.165, 1.54) is 12.1 Å². The third-order valence-corrected chi connectivity index (χ3v) is 19.3. The lowest BCUT2D eigenvalue weighted by atomic mass is 9.89. The first-order chi connectivity index (χ1) is 53.5. The van der Waals surface area contributed by atoms with Crippen LogP contribution in [0.3, 0.4) is 0 Å². The fourth-order valence-electron chi connectivity index (χ4n) is 12.4. The van der Waals surface area contributed by atoms with Gasteiger partial charge in [-0.05, 0) is 144 Å². The molecule has 0 amide bonds. The van der Waals surface area contributed by atoms with Gasteiger partial charge in [-0.3, -0.25) is 9.97 Å². The van der Waals surface area contributed by atoms with Gasteiger partial charge in [0.25, 0.3) is 0 Å². The number of ketones is 3. The minimum Gasteiger partial charge on any atom is -0.394 e. The molecule has 10 aromatic rings. The molecular weight excluding hydrogens is 1460 g/mol. The van der Waals surface area contributed by atoms with Crippen molar-refractivity contribution < 1.29 is 33.4 Å². The van der Waals surface area contributed by atoms with Crippen LogP contribution in [0.15, 0.2) is 67.4 Å². The number of hydrogen-bond acceptors (Lipinski definition) is 30. The number of aliphatic hydroxyl groups is 2. The summed E-state index contributed by atoms with van der Waals surface area (Å²) < 4.78 is 26.5. The highest BCUT2D eigenvalue weighted by Crippen LogP contribution is 2.34. The number of aromatic nitrogens is 15. The minimum absolute atomic E-state index is 0.0354. The van der Waals surface area contributed by atoms with Gasteiger partial charge in [0, 0.05) is 66.6 Å². The van der Waals surface area contributed by atoms with Crippen LogP contribution in [-0.4, -0.2) is 143 Å². The number of fused-ring (bicyclic) bond motifs is 5. The van der Waals surface area contributed by atoms with Gasteiger partial charge in [0.15, 0.2) is 29.1 Å². The first-order valence-electron chi connectivity index (χ1n) is 38.7. The van der Waals surface area contributed by atoms with Crippen molar-refractivity contribution in [3.05, 3.63) is 89.6 Å². The van der Waals surface area contributed by atoms with E-state index in [0.29, 0.717) is 97.5 Å². The van der Waals surface area contributed by atoms with Gasteiger partial charge in [-0.25, -0.2) is 48.7 Å². The topological polar surface area (TPSA) is 475 Å². The van der Waals surface area contributed by atoms with E-state index in [1.807, 2.05) is 39.0 Å². The summed E-state index contributed by atoms with van der Waals surface area (Å²) in [5.74, 6) is 2.95. The normalized spacial score (nSPS) is 13.8. The summed E-state index contributed by atoms with van der Waals surface area (Å²) in [7, 11) is 0. The lowest BCUT2D eigenvalue weighted by Crippen LogP contribution is -2.39. The van der Waals surface area contributed by atoms with Crippen LogP contribution in [-0.2, 0) is 14.4 Å².